The summed E-state index contributed by atoms with van der Waals surface area (Å²) in [7, 11) is 0. The molecule has 0 amide bonds. The highest BCUT2D eigenvalue weighted by atomic mass is 35.5. The van der Waals surface area contributed by atoms with Crippen molar-refractivity contribution in [1.82, 2.24) is 5.32 Å². The first-order chi connectivity index (χ1) is 11.5. The zero-order valence-corrected chi connectivity index (χ0v) is 14.3. The van der Waals surface area contributed by atoms with E-state index in [-0.39, 0.29) is 5.56 Å². The van der Waals surface area contributed by atoms with Gasteiger partial charge < -0.3 is 19.9 Å². The number of alkyl halides is 3. The molecule has 25 heavy (non-hydrogen) atoms. The lowest BCUT2D eigenvalue weighted by atomic mass is 10.2. The van der Waals surface area contributed by atoms with Crippen LogP contribution in [-0.4, -0.2) is 28.3 Å². The number of rotatable bonds is 5. The lowest BCUT2D eigenvalue weighted by molar-refractivity contribution is -0.192. The topological polar surface area (TPSA) is 99.8 Å². The first-order valence-electron chi connectivity index (χ1n) is 6.57. The highest BCUT2D eigenvalue weighted by molar-refractivity contribution is 7.10. The monoisotopic (exact) mass is 399 g/mol. The summed E-state index contributed by atoms with van der Waals surface area (Å²) in [6, 6.07) is 3.45. The van der Waals surface area contributed by atoms with Gasteiger partial charge in [-0.1, -0.05) is 11.6 Å². The highest BCUT2D eigenvalue weighted by Gasteiger charge is 2.38. The average molecular weight is 400 g/mol. The summed E-state index contributed by atoms with van der Waals surface area (Å²) in [5, 5.41) is 21.8. The number of hydrogen-bond acceptors (Lipinski definition) is 5. The van der Waals surface area contributed by atoms with Crippen molar-refractivity contribution in [3.8, 4) is 0 Å². The van der Waals surface area contributed by atoms with Crippen LogP contribution >= 0.6 is 22.9 Å². The molecule has 0 spiro atoms. The Morgan fingerprint density at radius 3 is 2.28 bits per heavy atom. The molecule has 2 rings (SSSR count). The van der Waals surface area contributed by atoms with Crippen molar-refractivity contribution >= 4 is 34.9 Å². The Labute approximate surface area is 148 Å². The summed E-state index contributed by atoms with van der Waals surface area (Å²) in [4.78, 5) is 20.9. The predicted molar refractivity (Wildman–Crippen MR) is 84.0 cm³/mol. The average Bonchev–Trinajstić information content (AvgIpc) is 3.05. The third kappa shape index (κ3) is 7.16. The molecule has 2 aromatic heterocycles. The van der Waals surface area contributed by atoms with Crippen LogP contribution < -0.4 is 5.32 Å². The number of aromatic carboxylic acids is 1. The van der Waals surface area contributed by atoms with Crippen LogP contribution in [0.2, 0.25) is 5.02 Å². The van der Waals surface area contributed by atoms with Gasteiger partial charge in [-0.05, 0) is 19.1 Å². The molecule has 0 fully saturated rings. The van der Waals surface area contributed by atoms with E-state index >= 15 is 0 Å². The maximum Gasteiger partial charge on any atom is 0.490 e. The quantitative estimate of drug-likeness (QED) is 0.704. The molecule has 0 saturated carbocycles. The minimum atomic E-state index is -5.08. The number of hydrogen-bond donors (Lipinski definition) is 3. The molecule has 3 N–H and O–H groups in total. The SMILES string of the molecule is Cc1oc(CNCc2cc(Cl)cs2)cc1C(=O)O.O=C(O)C(F)(F)F. The Morgan fingerprint density at radius 2 is 1.88 bits per heavy atom. The molecule has 2 aromatic rings. The largest absolute Gasteiger partial charge is 0.490 e. The van der Waals surface area contributed by atoms with Crippen LogP contribution in [0, 0.1) is 6.92 Å². The van der Waals surface area contributed by atoms with Crippen LogP contribution in [0.25, 0.3) is 0 Å². The van der Waals surface area contributed by atoms with E-state index in [0.29, 0.717) is 24.6 Å². The Balaban J connectivity index is 0.000000381. The van der Waals surface area contributed by atoms with Gasteiger partial charge in [-0.2, -0.15) is 13.2 Å². The molecule has 0 aromatic carbocycles. The molecule has 0 aliphatic heterocycles. The second-order valence-electron chi connectivity index (χ2n) is 4.63. The van der Waals surface area contributed by atoms with E-state index < -0.39 is 18.1 Å². The molecule has 0 saturated heterocycles. The standard InChI is InChI=1S/C12H12ClNO3S.C2HF3O2/c1-7-11(12(15)16)3-9(17-7)4-14-5-10-2-8(13)6-18-10;3-2(4,5)1(6)7/h2-3,6,14H,4-5H2,1H3,(H,15,16);(H,6,7). The van der Waals surface area contributed by atoms with E-state index in [0.717, 1.165) is 9.90 Å². The third-order valence-electron chi connectivity index (χ3n) is 2.66. The number of halogens is 4. The fraction of sp³-hybridized carbons (Fsp3) is 0.286. The molecular formula is C14H13ClF3NO5S. The maximum absolute atomic E-state index is 10.8. The van der Waals surface area contributed by atoms with Crippen molar-refractivity contribution in [3.63, 3.8) is 0 Å². The number of carboxylic acids is 2. The van der Waals surface area contributed by atoms with Gasteiger partial charge in [0, 0.05) is 16.8 Å². The smallest absolute Gasteiger partial charge is 0.478 e. The molecule has 0 atom stereocenters. The zero-order valence-electron chi connectivity index (χ0n) is 12.7. The van der Waals surface area contributed by atoms with Gasteiger partial charge in [0.2, 0.25) is 0 Å². The lowest BCUT2D eigenvalue weighted by Gasteiger charge is -1.99. The van der Waals surface area contributed by atoms with E-state index in [9.17, 15) is 18.0 Å². The number of furan rings is 1. The summed E-state index contributed by atoms with van der Waals surface area (Å²) in [5.41, 5.74) is 0.214. The number of thiophene rings is 1. The molecule has 11 heteroatoms. The normalized spacial score (nSPS) is 10.9. The Hall–Kier alpha value is -2.04. The Bertz CT molecular complexity index is 741. The number of carbonyl (C=O) groups is 2. The van der Waals surface area contributed by atoms with Gasteiger partial charge >= 0.3 is 18.1 Å². The molecule has 0 aliphatic carbocycles. The van der Waals surface area contributed by atoms with Crippen molar-refractivity contribution in [3.05, 3.63) is 44.5 Å². The second-order valence-corrected chi connectivity index (χ2v) is 6.06. The number of nitrogens with one attached hydrogen (secondary N) is 1. The molecule has 0 radical (unpaired) electrons. The molecule has 0 unspecified atom stereocenters. The zero-order chi connectivity index (χ0) is 19.2. The summed E-state index contributed by atoms with van der Waals surface area (Å²) in [6.07, 6.45) is -5.08. The molecule has 0 bridgehead atoms. The highest BCUT2D eigenvalue weighted by Crippen LogP contribution is 2.19. The summed E-state index contributed by atoms with van der Waals surface area (Å²) in [6.45, 7) is 2.81. The maximum atomic E-state index is 10.8. The van der Waals surface area contributed by atoms with Crippen LogP contribution in [0.3, 0.4) is 0 Å². The predicted octanol–water partition coefficient (Wildman–Crippen LogP) is 3.92. The van der Waals surface area contributed by atoms with E-state index in [2.05, 4.69) is 5.32 Å². The molecule has 6 nitrogen and oxygen atoms in total. The van der Waals surface area contributed by atoms with E-state index in [1.54, 1.807) is 24.3 Å². The minimum absolute atomic E-state index is 0.214. The number of aliphatic carboxylic acids is 1. The number of carboxylic acid groups (broad SMARTS) is 2. The van der Waals surface area contributed by atoms with Gasteiger partial charge in [0.05, 0.1) is 11.6 Å². The van der Waals surface area contributed by atoms with E-state index in [1.807, 2.05) is 11.4 Å². The van der Waals surface area contributed by atoms with E-state index in [1.165, 1.54) is 0 Å². The van der Waals surface area contributed by atoms with Gasteiger partial charge in [-0.15, -0.1) is 11.3 Å². The van der Waals surface area contributed by atoms with Gasteiger partial charge in [0.15, 0.2) is 0 Å². The van der Waals surface area contributed by atoms with Crippen LogP contribution in [0.1, 0.15) is 26.8 Å². The van der Waals surface area contributed by atoms with Crippen LogP contribution in [0.15, 0.2) is 21.9 Å². The summed E-state index contributed by atoms with van der Waals surface area (Å²) in [5.74, 6) is -2.67. The first-order valence-corrected chi connectivity index (χ1v) is 7.82. The summed E-state index contributed by atoms with van der Waals surface area (Å²) < 4.78 is 37.1. The van der Waals surface area contributed by atoms with Crippen LogP contribution in [0.4, 0.5) is 13.2 Å². The van der Waals surface area contributed by atoms with Crippen molar-refractivity contribution in [1.29, 1.82) is 0 Å². The summed E-state index contributed by atoms with van der Waals surface area (Å²) >= 11 is 7.39. The van der Waals surface area contributed by atoms with Gasteiger partial charge in [0.1, 0.15) is 17.1 Å². The second kappa shape index (κ2) is 8.88. The third-order valence-corrected chi connectivity index (χ3v) is 3.95. The number of aryl methyl sites for hydroxylation is 1. The van der Waals surface area contributed by atoms with Gasteiger partial charge in [-0.25, -0.2) is 9.59 Å². The Morgan fingerprint density at radius 1 is 1.28 bits per heavy atom. The molecule has 2 heterocycles. The van der Waals surface area contributed by atoms with Crippen molar-refractivity contribution in [2.45, 2.75) is 26.2 Å². The molecule has 138 valence electrons. The van der Waals surface area contributed by atoms with Crippen molar-refractivity contribution < 1.29 is 37.4 Å². The minimum Gasteiger partial charge on any atom is -0.478 e. The fourth-order valence-electron chi connectivity index (χ4n) is 1.60. The lowest BCUT2D eigenvalue weighted by Crippen LogP contribution is -2.21. The fourth-order valence-corrected chi connectivity index (χ4v) is 2.64. The first kappa shape index (κ1) is 21.0. The molecule has 0 aliphatic rings. The van der Waals surface area contributed by atoms with Crippen LogP contribution in [-0.2, 0) is 17.9 Å². The van der Waals surface area contributed by atoms with Gasteiger partial charge in [-0.3, -0.25) is 0 Å². The van der Waals surface area contributed by atoms with Crippen LogP contribution in [0.5, 0.6) is 0 Å². The van der Waals surface area contributed by atoms with E-state index in [4.69, 9.17) is 31.0 Å². The molecular weight excluding hydrogens is 387 g/mol. The van der Waals surface area contributed by atoms with Gasteiger partial charge in [0.25, 0.3) is 0 Å². The van der Waals surface area contributed by atoms with Crippen molar-refractivity contribution in [2.24, 2.45) is 0 Å². The van der Waals surface area contributed by atoms with Crippen molar-refractivity contribution in [2.75, 3.05) is 0 Å². The Kier molecular flexibility index (Phi) is 7.46.